The predicted octanol–water partition coefficient (Wildman–Crippen LogP) is 2.41. The highest BCUT2D eigenvalue weighted by atomic mass is 19.1. The zero-order chi connectivity index (χ0) is 15.0. The molecule has 6 nitrogen and oxygen atoms in total. The van der Waals surface area contributed by atoms with Gasteiger partial charge in [-0.3, -0.25) is 5.10 Å². The number of aryl methyl sites for hydroxylation is 1. The zero-order valence-corrected chi connectivity index (χ0v) is 11.0. The Morgan fingerprint density at radius 2 is 2.19 bits per heavy atom. The highest BCUT2D eigenvalue weighted by Gasteiger charge is 2.12. The average Bonchev–Trinajstić information content (AvgIpc) is 3.07. The van der Waals surface area contributed by atoms with Crippen LogP contribution in [0.1, 0.15) is 16.1 Å². The molecular formula is C14H11FN4O2. The lowest BCUT2D eigenvalue weighted by Crippen LogP contribution is -1.97. The monoisotopic (exact) mass is 286 g/mol. The Kier molecular flexibility index (Phi) is 3.02. The number of hydrogen-bond acceptors (Lipinski definition) is 3. The van der Waals surface area contributed by atoms with Gasteiger partial charge >= 0.3 is 5.97 Å². The van der Waals surface area contributed by atoms with Crippen LogP contribution in [0.15, 0.2) is 36.7 Å². The van der Waals surface area contributed by atoms with Gasteiger partial charge in [-0.25, -0.2) is 13.9 Å². The molecule has 0 fully saturated rings. The molecule has 0 aliphatic carbocycles. The van der Waals surface area contributed by atoms with E-state index in [1.54, 1.807) is 18.2 Å². The van der Waals surface area contributed by atoms with Crippen molar-refractivity contribution in [3.63, 3.8) is 0 Å². The maximum atomic E-state index is 14.2. The molecule has 7 heteroatoms. The van der Waals surface area contributed by atoms with E-state index in [9.17, 15) is 9.18 Å². The molecule has 0 spiro atoms. The lowest BCUT2D eigenvalue weighted by molar-refractivity contribution is 0.0697. The van der Waals surface area contributed by atoms with Crippen LogP contribution in [0.5, 0.6) is 0 Å². The third-order valence-electron chi connectivity index (χ3n) is 3.03. The SMILES string of the molecule is Cc1cc(-c2ccc(-n3cc(C(=O)O)cn3)cc2F)n[nH]1. The summed E-state index contributed by atoms with van der Waals surface area (Å²) in [7, 11) is 0. The molecule has 2 N–H and O–H groups in total. The minimum atomic E-state index is -1.08. The maximum absolute atomic E-state index is 14.2. The first-order valence-electron chi connectivity index (χ1n) is 6.15. The number of aromatic nitrogens is 4. The van der Waals surface area contributed by atoms with Crippen LogP contribution < -0.4 is 0 Å². The Morgan fingerprint density at radius 3 is 2.76 bits per heavy atom. The van der Waals surface area contributed by atoms with Gasteiger partial charge in [0, 0.05) is 23.5 Å². The van der Waals surface area contributed by atoms with Crippen molar-refractivity contribution in [2.45, 2.75) is 6.92 Å². The molecule has 0 atom stereocenters. The van der Waals surface area contributed by atoms with Crippen LogP contribution in [0.4, 0.5) is 4.39 Å². The van der Waals surface area contributed by atoms with Gasteiger partial charge in [-0.05, 0) is 25.1 Å². The minimum absolute atomic E-state index is 0.0439. The topological polar surface area (TPSA) is 83.8 Å². The highest BCUT2D eigenvalue weighted by molar-refractivity contribution is 5.87. The molecule has 0 saturated heterocycles. The van der Waals surface area contributed by atoms with Crippen molar-refractivity contribution in [2.24, 2.45) is 0 Å². The second-order valence-electron chi connectivity index (χ2n) is 4.58. The number of carboxylic acid groups (broad SMARTS) is 1. The molecule has 2 aromatic heterocycles. The van der Waals surface area contributed by atoms with Gasteiger partial charge in [0.1, 0.15) is 5.82 Å². The zero-order valence-electron chi connectivity index (χ0n) is 11.0. The Morgan fingerprint density at radius 1 is 1.38 bits per heavy atom. The smallest absolute Gasteiger partial charge is 0.338 e. The fourth-order valence-electron chi connectivity index (χ4n) is 1.98. The first-order valence-corrected chi connectivity index (χ1v) is 6.15. The Balaban J connectivity index is 1.98. The average molecular weight is 286 g/mol. The number of carboxylic acids is 1. The molecule has 0 aliphatic heterocycles. The third-order valence-corrected chi connectivity index (χ3v) is 3.03. The number of aromatic carboxylic acids is 1. The highest BCUT2D eigenvalue weighted by Crippen LogP contribution is 2.23. The number of halogens is 1. The van der Waals surface area contributed by atoms with E-state index < -0.39 is 11.8 Å². The van der Waals surface area contributed by atoms with Gasteiger partial charge in [-0.1, -0.05) is 0 Å². The van der Waals surface area contributed by atoms with E-state index in [4.69, 9.17) is 5.11 Å². The van der Waals surface area contributed by atoms with Gasteiger partial charge in [0.05, 0.1) is 23.1 Å². The minimum Gasteiger partial charge on any atom is -0.478 e. The molecule has 0 unspecified atom stereocenters. The summed E-state index contributed by atoms with van der Waals surface area (Å²) in [6.07, 6.45) is 2.54. The van der Waals surface area contributed by atoms with Crippen LogP contribution >= 0.6 is 0 Å². The summed E-state index contributed by atoms with van der Waals surface area (Å²) in [5.41, 5.74) is 2.21. The Bertz CT molecular complexity index is 822. The summed E-state index contributed by atoms with van der Waals surface area (Å²) >= 11 is 0. The van der Waals surface area contributed by atoms with Crippen LogP contribution in [-0.2, 0) is 0 Å². The molecular weight excluding hydrogens is 275 g/mol. The first-order chi connectivity index (χ1) is 10.0. The summed E-state index contributed by atoms with van der Waals surface area (Å²) in [4.78, 5) is 10.8. The standard InChI is InChI=1S/C14H11FN4O2/c1-8-4-13(18-17-8)11-3-2-10(5-12(11)15)19-7-9(6-16-19)14(20)21/h2-7H,1H3,(H,17,18)(H,20,21). The number of aromatic amines is 1. The summed E-state index contributed by atoms with van der Waals surface area (Å²) in [5, 5.41) is 19.5. The number of rotatable bonds is 3. The molecule has 0 aliphatic rings. The third kappa shape index (κ3) is 2.40. The number of nitrogens with zero attached hydrogens (tertiary/aromatic N) is 3. The fraction of sp³-hybridized carbons (Fsp3) is 0.0714. The predicted molar refractivity (Wildman–Crippen MR) is 72.8 cm³/mol. The van der Waals surface area contributed by atoms with Gasteiger partial charge < -0.3 is 5.11 Å². The van der Waals surface area contributed by atoms with Gasteiger partial charge in [0.2, 0.25) is 0 Å². The summed E-state index contributed by atoms with van der Waals surface area (Å²) < 4.78 is 15.5. The van der Waals surface area contributed by atoms with Crippen molar-refractivity contribution in [2.75, 3.05) is 0 Å². The van der Waals surface area contributed by atoms with Gasteiger partial charge in [0.15, 0.2) is 0 Å². The van der Waals surface area contributed by atoms with Gasteiger partial charge in [-0.15, -0.1) is 0 Å². The second kappa shape index (κ2) is 4.86. The molecule has 106 valence electrons. The molecule has 0 radical (unpaired) electrons. The Hall–Kier alpha value is -2.96. The summed E-state index contributed by atoms with van der Waals surface area (Å²) in [5.74, 6) is -1.53. The van der Waals surface area contributed by atoms with Crippen LogP contribution in [0.25, 0.3) is 16.9 Å². The normalized spacial score (nSPS) is 10.8. The van der Waals surface area contributed by atoms with Crippen LogP contribution in [0.3, 0.4) is 0 Å². The molecule has 0 bridgehead atoms. The molecule has 21 heavy (non-hydrogen) atoms. The lowest BCUT2D eigenvalue weighted by atomic mass is 10.1. The van der Waals surface area contributed by atoms with E-state index in [2.05, 4.69) is 15.3 Å². The van der Waals surface area contributed by atoms with Crippen molar-refractivity contribution in [3.05, 3.63) is 53.7 Å². The molecule has 2 heterocycles. The second-order valence-corrected chi connectivity index (χ2v) is 4.58. The number of hydrogen-bond donors (Lipinski definition) is 2. The molecule has 1 aromatic carbocycles. The molecule has 0 saturated carbocycles. The number of benzene rings is 1. The van der Waals surface area contributed by atoms with Crippen molar-refractivity contribution in [1.82, 2.24) is 20.0 Å². The molecule has 3 rings (SSSR count). The number of nitrogens with one attached hydrogen (secondary N) is 1. The maximum Gasteiger partial charge on any atom is 0.338 e. The van der Waals surface area contributed by atoms with Gasteiger partial charge in [-0.2, -0.15) is 10.2 Å². The number of H-pyrrole nitrogens is 1. The van der Waals surface area contributed by atoms with Gasteiger partial charge in [0.25, 0.3) is 0 Å². The van der Waals surface area contributed by atoms with Crippen LogP contribution in [0, 0.1) is 12.7 Å². The van der Waals surface area contributed by atoms with Crippen LogP contribution in [-0.4, -0.2) is 31.1 Å². The van der Waals surface area contributed by atoms with E-state index in [1.165, 1.54) is 23.1 Å². The molecule has 0 amide bonds. The fourth-order valence-corrected chi connectivity index (χ4v) is 1.98. The molecule has 3 aromatic rings. The van der Waals surface area contributed by atoms with Crippen molar-refractivity contribution in [1.29, 1.82) is 0 Å². The summed E-state index contributed by atoms with van der Waals surface area (Å²) in [6, 6.07) is 6.27. The Labute approximate surface area is 118 Å². The summed E-state index contributed by atoms with van der Waals surface area (Å²) in [6.45, 7) is 1.83. The first kappa shape index (κ1) is 13.0. The van der Waals surface area contributed by atoms with Crippen molar-refractivity contribution in [3.8, 4) is 16.9 Å². The van der Waals surface area contributed by atoms with E-state index in [1.807, 2.05) is 6.92 Å². The van der Waals surface area contributed by atoms with E-state index >= 15 is 0 Å². The number of carbonyl (C=O) groups is 1. The van der Waals surface area contributed by atoms with Crippen molar-refractivity contribution >= 4 is 5.97 Å². The lowest BCUT2D eigenvalue weighted by Gasteiger charge is -2.04. The quantitative estimate of drug-likeness (QED) is 0.774. The van der Waals surface area contributed by atoms with Crippen molar-refractivity contribution < 1.29 is 14.3 Å². The van der Waals surface area contributed by atoms with E-state index in [0.717, 1.165) is 5.69 Å². The van der Waals surface area contributed by atoms with E-state index in [-0.39, 0.29) is 5.56 Å². The van der Waals surface area contributed by atoms with E-state index in [0.29, 0.717) is 16.9 Å². The van der Waals surface area contributed by atoms with Crippen LogP contribution in [0.2, 0.25) is 0 Å². The largest absolute Gasteiger partial charge is 0.478 e.